The molecule has 6 heteroatoms. The maximum absolute atomic E-state index is 11.7. The largest absolute Gasteiger partial charge is 0.436 e. The zero-order valence-electron chi connectivity index (χ0n) is 10.1. The molecule has 0 unspecified atom stereocenters. The highest BCUT2D eigenvalue weighted by Gasteiger charge is 2.14. The molecule has 0 fully saturated rings. The Morgan fingerprint density at radius 1 is 1.47 bits per heavy atom. The van der Waals surface area contributed by atoms with Crippen LogP contribution in [0.15, 0.2) is 4.42 Å². The van der Waals surface area contributed by atoms with Crippen LogP contribution in [0.4, 0.5) is 0 Å². The quantitative estimate of drug-likeness (QED) is 0.598. The van der Waals surface area contributed by atoms with E-state index in [1.165, 1.54) is 0 Å². The van der Waals surface area contributed by atoms with Crippen LogP contribution in [0, 0.1) is 13.8 Å². The summed E-state index contributed by atoms with van der Waals surface area (Å²) in [5, 5.41) is 2.74. The number of alkyl halides is 1. The van der Waals surface area contributed by atoms with E-state index in [9.17, 15) is 4.79 Å². The molecule has 0 atom stereocenters. The summed E-state index contributed by atoms with van der Waals surface area (Å²) in [4.78, 5) is 15.7. The van der Waals surface area contributed by atoms with E-state index >= 15 is 0 Å². The Balaban J connectivity index is 2.23. The number of oxazole rings is 1. The Bertz CT molecular complexity index is 366. The van der Waals surface area contributed by atoms with Crippen molar-refractivity contribution in [1.82, 2.24) is 10.3 Å². The van der Waals surface area contributed by atoms with Gasteiger partial charge in [0, 0.05) is 26.0 Å². The molecule has 0 aliphatic carbocycles. The first-order chi connectivity index (χ1) is 8.15. The van der Waals surface area contributed by atoms with Gasteiger partial charge >= 0.3 is 0 Å². The number of ether oxygens (including phenoxy) is 1. The van der Waals surface area contributed by atoms with Crippen LogP contribution in [-0.4, -0.2) is 36.5 Å². The molecule has 96 valence electrons. The second kappa shape index (κ2) is 7.29. The lowest BCUT2D eigenvalue weighted by Gasteiger charge is -2.04. The number of nitrogens with zero attached hydrogens (tertiary/aromatic N) is 1. The molecule has 1 rings (SSSR count). The van der Waals surface area contributed by atoms with Crippen LogP contribution < -0.4 is 5.32 Å². The predicted octanol–water partition coefficient (Wildman–Crippen LogP) is 1.67. The Kier molecular flexibility index (Phi) is 6.00. The van der Waals surface area contributed by atoms with Gasteiger partial charge < -0.3 is 14.5 Å². The molecular formula is C11H17ClN2O3. The van der Waals surface area contributed by atoms with E-state index in [0.717, 1.165) is 6.42 Å². The monoisotopic (exact) mass is 260 g/mol. The lowest BCUT2D eigenvalue weighted by atomic mass is 10.3. The number of aromatic nitrogens is 1. The van der Waals surface area contributed by atoms with Crippen molar-refractivity contribution in [3.05, 3.63) is 17.3 Å². The molecule has 1 aromatic rings. The molecule has 0 saturated carbocycles. The molecule has 17 heavy (non-hydrogen) atoms. The summed E-state index contributed by atoms with van der Waals surface area (Å²) in [6, 6.07) is 0. The molecule has 0 spiro atoms. The van der Waals surface area contributed by atoms with E-state index < -0.39 is 0 Å². The maximum atomic E-state index is 11.7. The fourth-order valence-corrected chi connectivity index (χ4v) is 1.46. The van der Waals surface area contributed by atoms with Crippen LogP contribution in [0.2, 0.25) is 0 Å². The summed E-state index contributed by atoms with van der Waals surface area (Å²) in [5.41, 5.74) is 0.610. The number of carbonyl (C=O) groups excluding carboxylic acids is 1. The summed E-state index contributed by atoms with van der Waals surface area (Å²) < 4.78 is 10.4. The SMILES string of the molecule is Cc1nc(C)c(C(=O)NCCCOCCCl)o1. The number of hydrogen-bond donors (Lipinski definition) is 1. The van der Waals surface area contributed by atoms with Gasteiger partial charge in [0.25, 0.3) is 5.91 Å². The van der Waals surface area contributed by atoms with Crippen molar-refractivity contribution >= 4 is 17.5 Å². The van der Waals surface area contributed by atoms with Crippen LogP contribution in [-0.2, 0) is 4.74 Å². The minimum absolute atomic E-state index is 0.236. The molecule has 0 aliphatic heterocycles. The van der Waals surface area contributed by atoms with Crippen LogP contribution in [0.25, 0.3) is 0 Å². The van der Waals surface area contributed by atoms with Crippen LogP contribution in [0.1, 0.15) is 28.6 Å². The van der Waals surface area contributed by atoms with Crippen molar-refractivity contribution in [1.29, 1.82) is 0 Å². The Morgan fingerprint density at radius 3 is 2.82 bits per heavy atom. The van der Waals surface area contributed by atoms with Crippen LogP contribution in [0.3, 0.4) is 0 Å². The average Bonchev–Trinajstić information content (AvgIpc) is 2.62. The van der Waals surface area contributed by atoms with Crippen molar-refractivity contribution in [2.45, 2.75) is 20.3 Å². The van der Waals surface area contributed by atoms with Gasteiger partial charge in [-0.15, -0.1) is 11.6 Å². The summed E-state index contributed by atoms with van der Waals surface area (Å²) in [7, 11) is 0. The zero-order valence-corrected chi connectivity index (χ0v) is 10.8. The van der Waals surface area contributed by atoms with Gasteiger partial charge in [-0.1, -0.05) is 0 Å². The minimum atomic E-state index is -0.236. The fraction of sp³-hybridized carbons (Fsp3) is 0.636. The number of halogens is 1. The molecule has 0 saturated heterocycles. The van der Waals surface area contributed by atoms with Crippen molar-refractivity contribution < 1.29 is 13.9 Å². The minimum Gasteiger partial charge on any atom is -0.436 e. The van der Waals surface area contributed by atoms with Gasteiger partial charge in [0.15, 0.2) is 5.89 Å². The summed E-state index contributed by atoms with van der Waals surface area (Å²) >= 11 is 5.45. The first kappa shape index (κ1) is 14.0. The molecule has 1 amide bonds. The van der Waals surface area contributed by atoms with Gasteiger partial charge in [0.05, 0.1) is 12.3 Å². The van der Waals surface area contributed by atoms with Gasteiger partial charge in [-0.25, -0.2) is 4.98 Å². The number of nitrogens with one attached hydrogen (secondary N) is 1. The van der Waals surface area contributed by atoms with E-state index in [2.05, 4.69) is 10.3 Å². The highest BCUT2D eigenvalue weighted by atomic mass is 35.5. The van der Waals surface area contributed by atoms with Gasteiger partial charge in [-0.2, -0.15) is 0 Å². The highest BCUT2D eigenvalue weighted by molar-refractivity contribution is 6.17. The van der Waals surface area contributed by atoms with Gasteiger partial charge in [-0.05, 0) is 13.3 Å². The Hall–Kier alpha value is -1.07. The van der Waals surface area contributed by atoms with Crippen molar-refractivity contribution in [3.63, 3.8) is 0 Å². The molecule has 1 aromatic heterocycles. The molecule has 0 bridgehead atoms. The first-order valence-electron chi connectivity index (χ1n) is 5.51. The average molecular weight is 261 g/mol. The summed E-state index contributed by atoms with van der Waals surface area (Å²) in [6.07, 6.45) is 0.745. The second-order valence-corrected chi connectivity index (χ2v) is 3.94. The van der Waals surface area contributed by atoms with E-state index in [0.29, 0.717) is 37.2 Å². The highest BCUT2D eigenvalue weighted by Crippen LogP contribution is 2.08. The normalized spacial score (nSPS) is 10.5. The van der Waals surface area contributed by atoms with E-state index in [4.69, 9.17) is 20.8 Å². The number of rotatable bonds is 7. The Morgan fingerprint density at radius 2 is 2.24 bits per heavy atom. The van der Waals surface area contributed by atoms with Gasteiger partial charge in [0.1, 0.15) is 0 Å². The van der Waals surface area contributed by atoms with E-state index in [1.54, 1.807) is 13.8 Å². The third-order valence-electron chi connectivity index (χ3n) is 2.08. The van der Waals surface area contributed by atoms with E-state index in [-0.39, 0.29) is 11.7 Å². The summed E-state index contributed by atoms with van der Waals surface area (Å²) in [5.74, 6) is 1.03. The standard InChI is InChI=1S/C11H17ClN2O3/c1-8-10(17-9(2)14-8)11(15)13-5-3-6-16-7-4-12/h3-7H2,1-2H3,(H,13,15). The maximum Gasteiger partial charge on any atom is 0.289 e. The third-order valence-corrected chi connectivity index (χ3v) is 2.24. The topological polar surface area (TPSA) is 64.4 Å². The lowest BCUT2D eigenvalue weighted by molar-refractivity contribution is 0.0915. The number of hydrogen-bond acceptors (Lipinski definition) is 4. The first-order valence-corrected chi connectivity index (χ1v) is 6.04. The summed E-state index contributed by atoms with van der Waals surface area (Å²) in [6.45, 7) is 5.12. The molecular weight excluding hydrogens is 244 g/mol. The molecule has 5 nitrogen and oxygen atoms in total. The van der Waals surface area contributed by atoms with E-state index in [1.807, 2.05) is 0 Å². The molecule has 1 N–H and O–H groups in total. The van der Waals surface area contributed by atoms with Crippen molar-refractivity contribution in [2.24, 2.45) is 0 Å². The van der Waals surface area contributed by atoms with Crippen LogP contribution >= 0.6 is 11.6 Å². The lowest BCUT2D eigenvalue weighted by Crippen LogP contribution is -2.25. The number of carbonyl (C=O) groups is 1. The second-order valence-electron chi connectivity index (χ2n) is 3.56. The molecule has 0 aliphatic rings. The van der Waals surface area contributed by atoms with Gasteiger partial charge in [0.2, 0.25) is 5.76 Å². The fourth-order valence-electron chi connectivity index (χ4n) is 1.36. The zero-order chi connectivity index (χ0) is 12.7. The van der Waals surface area contributed by atoms with Crippen molar-refractivity contribution in [2.75, 3.05) is 25.6 Å². The third kappa shape index (κ3) is 4.75. The predicted molar refractivity (Wildman–Crippen MR) is 64.5 cm³/mol. The van der Waals surface area contributed by atoms with Crippen molar-refractivity contribution in [3.8, 4) is 0 Å². The molecule has 0 aromatic carbocycles. The van der Waals surface area contributed by atoms with Gasteiger partial charge in [-0.3, -0.25) is 4.79 Å². The number of amides is 1. The van der Waals surface area contributed by atoms with Crippen LogP contribution in [0.5, 0.6) is 0 Å². The molecule has 1 heterocycles. The number of aryl methyl sites for hydroxylation is 2. The Labute approximate surface area is 105 Å². The molecule has 0 radical (unpaired) electrons. The smallest absolute Gasteiger partial charge is 0.289 e.